The van der Waals surface area contributed by atoms with Gasteiger partial charge in [0.25, 0.3) is 0 Å². The maximum atomic E-state index is 2.67. The maximum absolute atomic E-state index is 2.67. The molecule has 0 aliphatic heterocycles. The van der Waals surface area contributed by atoms with Crippen LogP contribution in [0.3, 0.4) is 0 Å². The standard InChI is InChI=1S/2C12H13.C3H6.Zr/c2*1-9(2)11-8-7-10-5-3-4-6-12(10)11;1-3-2;/h2*3-9H,1-2H3;1-2H3;. The zero-order valence-corrected chi connectivity index (χ0v) is 20.5. The molecule has 2 aromatic carbocycles. The molecule has 0 fully saturated rings. The molecule has 2 atom stereocenters. The van der Waals surface area contributed by atoms with E-state index in [1.54, 1.807) is 25.5 Å². The van der Waals surface area contributed by atoms with Crippen molar-refractivity contribution in [3.63, 3.8) is 0 Å². The first-order valence-electron chi connectivity index (χ1n) is 10.7. The molecule has 0 bridgehead atoms. The van der Waals surface area contributed by atoms with Crippen molar-refractivity contribution in [3.05, 3.63) is 82.9 Å². The average Bonchev–Trinajstić information content (AvgIpc) is 3.22. The fraction of sp³-hybridized carbons (Fsp3) is 0.370. The molecule has 2 aliphatic carbocycles. The molecule has 2 unspecified atom stereocenters. The molecule has 0 nitrogen and oxygen atoms in total. The van der Waals surface area contributed by atoms with Crippen LogP contribution in [-0.2, 0) is 21.3 Å². The quantitative estimate of drug-likeness (QED) is 0.458. The number of rotatable bonds is 4. The van der Waals surface area contributed by atoms with Gasteiger partial charge in [-0.3, -0.25) is 0 Å². The molecule has 28 heavy (non-hydrogen) atoms. The molecule has 0 radical (unpaired) electrons. The van der Waals surface area contributed by atoms with Crippen molar-refractivity contribution in [3.8, 4) is 0 Å². The van der Waals surface area contributed by atoms with Gasteiger partial charge in [0.1, 0.15) is 0 Å². The average molecular weight is 448 g/mol. The van der Waals surface area contributed by atoms with Crippen molar-refractivity contribution in [2.75, 3.05) is 0 Å². The first-order chi connectivity index (χ1) is 13.4. The Balaban J connectivity index is 1.88. The Morgan fingerprint density at radius 2 is 1.07 bits per heavy atom. The van der Waals surface area contributed by atoms with Gasteiger partial charge in [-0.25, -0.2) is 0 Å². The second-order valence-electron chi connectivity index (χ2n) is 9.14. The third kappa shape index (κ3) is 3.31. The number of allylic oxidation sites excluding steroid dienone is 4. The van der Waals surface area contributed by atoms with Gasteiger partial charge < -0.3 is 0 Å². The fourth-order valence-corrected chi connectivity index (χ4v) is 13.8. The topological polar surface area (TPSA) is 0 Å². The van der Waals surface area contributed by atoms with Gasteiger partial charge >= 0.3 is 179 Å². The summed E-state index contributed by atoms with van der Waals surface area (Å²) in [6, 6.07) is 18.4. The Morgan fingerprint density at radius 3 is 1.43 bits per heavy atom. The molecular weight excluding hydrogens is 416 g/mol. The van der Waals surface area contributed by atoms with Gasteiger partial charge in [-0.1, -0.05) is 0 Å². The van der Waals surface area contributed by atoms with Crippen LogP contribution in [0.1, 0.15) is 71.0 Å². The van der Waals surface area contributed by atoms with E-state index in [9.17, 15) is 0 Å². The van der Waals surface area contributed by atoms with Crippen molar-refractivity contribution < 1.29 is 21.3 Å². The van der Waals surface area contributed by atoms with E-state index in [0.717, 1.165) is 0 Å². The van der Waals surface area contributed by atoms with E-state index in [2.05, 4.69) is 102 Å². The first kappa shape index (κ1) is 20.0. The van der Waals surface area contributed by atoms with E-state index in [1.807, 2.05) is 0 Å². The summed E-state index contributed by atoms with van der Waals surface area (Å²) in [6.07, 6.45) is 5.34. The third-order valence-corrected chi connectivity index (χ3v) is 14.9. The van der Waals surface area contributed by atoms with E-state index in [-0.39, 0.29) is 0 Å². The predicted molar refractivity (Wildman–Crippen MR) is 120 cm³/mol. The Kier molecular flexibility index (Phi) is 5.58. The third-order valence-electron chi connectivity index (χ3n) is 6.40. The van der Waals surface area contributed by atoms with E-state index in [4.69, 9.17) is 0 Å². The first-order valence-corrected chi connectivity index (χ1v) is 14.8. The summed E-state index contributed by atoms with van der Waals surface area (Å²) >= 11 is -2.02. The molecule has 2 aliphatic rings. The van der Waals surface area contributed by atoms with Crippen LogP contribution in [0.15, 0.2) is 60.7 Å². The Hall–Kier alpha value is -1.33. The molecule has 144 valence electrons. The van der Waals surface area contributed by atoms with Crippen LogP contribution in [0, 0.1) is 11.8 Å². The number of benzene rings is 2. The minimum absolute atomic E-state index is 0.588. The normalized spacial score (nSPS) is 20.1. The summed E-state index contributed by atoms with van der Waals surface area (Å²) in [6.45, 7) is 14.2. The van der Waals surface area contributed by atoms with Crippen molar-refractivity contribution >= 4 is 14.4 Å². The molecule has 0 N–H and O–H groups in total. The molecule has 0 heterocycles. The summed E-state index contributed by atoms with van der Waals surface area (Å²) in [5, 5.41) is 0. The van der Waals surface area contributed by atoms with Crippen LogP contribution in [0.4, 0.5) is 0 Å². The molecule has 1 heteroatoms. The van der Waals surface area contributed by atoms with E-state index < -0.39 is 21.3 Å². The van der Waals surface area contributed by atoms with Crippen LogP contribution >= 0.6 is 0 Å². The second kappa shape index (κ2) is 7.83. The van der Waals surface area contributed by atoms with Crippen LogP contribution in [0.2, 0.25) is 0 Å². The van der Waals surface area contributed by atoms with Gasteiger partial charge in [-0.05, 0) is 0 Å². The monoisotopic (exact) mass is 446 g/mol. The summed E-state index contributed by atoms with van der Waals surface area (Å²) in [5.74, 6) is 1.18. The van der Waals surface area contributed by atoms with E-state index in [1.165, 1.54) is 11.1 Å². The predicted octanol–water partition coefficient (Wildman–Crippen LogP) is 7.41. The molecule has 0 saturated heterocycles. The van der Waals surface area contributed by atoms with Crippen LogP contribution < -0.4 is 0 Å². The molecular formula is C27H32Zr. The van der Waals surface area contributed by atoms with Crippen LogP contribution in [0.25, 0.3) is 11.1 Å². The number of fused-ring (bicyclic) bond motifs is 2. The molecule has 2 aromatic rings. The summed E-state index contributed by atoms with van der Waals surface area (Å²) in [4.78, 5) is 0. The van der Waals surface area contributed by atoms with Crippen molar-refractivity contribution in [1.82, 2.24) is 0 Å². The molecule has 0 spiro atoms. The second-order valence-corrected chi connectivity index (χ2v) is 16.9. The van der Waals surface area contributed by atoms with Gasteiger partial charge in [0.15, 0.2) is 0 Å². The number of hydrogen-bond donors (Lipinski definition) is 0. The zero-order valence-electron chi connectivity index (χ0n) is 18.1. The SMILES string of the molecule is C[C](C)=[Zr]([CH]1C=C(C(C)C)c2ccccc21)[CH]1C=C(C(C)C)c2ccccc21. The van der Waals surface area contributed by atoms with Crippen LogP contribution in [0.5, 0.6) is 0 Å². The minimum atomic E-state index is -2.02. The summed E-state index contributed by atoms with van der Waals surface area (Å²) in [5.41, 5.74) is 9.37. The van der Waals surface area contributed by atoms with Crippen molar-refractivity contribution in [1.29, 1.82) is 0 Å². The van der Waals surface area contributed by atoms with Gasteiger partial charge in [0.2, 0.25) is 0 Å². The molecule has 0 amide bonds. The van der Waals surface area contributed by atoms with E-state index >= 15 is 0 Å². The molecule has 0 aromatic heterocycles. The van der Waals surface area contributed by atoms with Gasteiger partial charge in [-0.2, -0.15) is 0 Å². The van der Waals surface area contributed by atoms with Gasteiger partial charge in [0.05, 0.1) is 0 Å². The van der Waals surface area contributed by atoms with Gasteiger partial charge in [-0.15, -0.1) is 0 Å². The molecule has 0 saturated carbocycles. The Bertz CT molecular complexity index is 921. The Morgan fingerprint density at radius 1 is 0.679 bits per heavy atom. The molecule has 4 rings (SSSR count). The van der Waals surface area contributed by atoms with Crippen LogP contribution in [-0.4, -0.2) is 3.21 Å². The summed E-state index contributed by atoms with van der Waals surface area (Å²) < 4.78 is 3.04. The zero-order chi connectivity index (χ0) is 20.0. The van der Waals surface area contributed by atoms with Crippen molar-refractivity contribution in [2.24, 2.45) is 11.8 Å². The van der Waals surface area contributed by atoms with Crippen molar-refractivity contribution in [2.45, 2.75) is 48.8 Å². The van der Waals surface area contributed by atoms with Gasteiger partial charge in [0, 0.05) is 0 Å². The number of hydrogen-bond acceptors (Lipinski definition) is 0. The summed E-state index contributed by atoms with van der Waals surface area (Å²) in [7, 11) is 0. The Labute approximate surface area is 178 Å². The fourth-order valence-electron chi connectivity index (χ4n) is 5.12. The van der Waals surface area contributed by atoms with E-state index in [0.29, 0.717) is 19.1 Å².